The third-order valence-corrected chi connectivity index (χ3v) is 7.65. The molecule has 0 spiro atoms. The van der Waals surface area contributed by atoms with Crippen molar-refractivity contribution in [3.63, 3.8) is 0 Å². The molecule has 0 radical (unpaired) electrons. The number of aromatic nitrogens is 3. The maximum Gasteiger partial charge on any atom is 0.151 e. The average Bonchev–Trinajstić information content (AvgIpc) is 2.84. The van der Waals surface area contributed by atoms with Crippen molar-refractivity contribution < 1.29 is 13.3 Å². The lowest BCUT2D eigenvalue weighted by Gasteiger charge is -2.22. The van der Waals surface area contributed by atoms with Gasteiger partial charge in [-0.3, -0.25) is 4.98 Å². The monoisotopic (exact) mass is 525 g/mol. The van der Waals surface area contributed by atoms with Gasteiger partial charge in [-0.25, -0.2) is 18.7 Å². The Morgan fingerprint density at radius 1 is 1.14 bits per heavy atom. The van der Waals surface area contributed by atoms with Crippen molar-refractivity contribution >= 4 is 40.9 Å². The largest absolute Gasteiger partial charge is 0.375 e. The molecular weight excluding hydrogens is 503 g/mol. The van der Waals surface area contributed by atoms with Crippen LogP contribution in [0, 0.1) is 29.9 Å². The van der Waals surface area contributed by atoms with Gasteiger partial charge in [-0.05, 0) is 57.0 Å². The molecule has 1 atom stereocenters. The van der Waals surface area contributed by atoms with Crippen LogP contribution >= 0.6 is 18.7 Å². The molecule has 1 unspecified atom stereocenters. The summed E-state index contributed by atoms with van der Waals surface area (Å²) in [6, 6.07) is 10.1. The van der Waals surface area contributed by atoms with E-state index in [0.29, 0.717) is 45.4 Å². The maximum absolute atomic E-state index is 15.1. The van der Waals surface area contributed by atoms with E-state index < -0.39 is 24.8 Å². The Morgan fingerprint density at radius 3 is 2.50 bits per heavy atom. The first-order valence-corrected chi connectivity index (χ1v) is 14.2. The molecule has 36 heavy (non-hydrogen) atoms. The second-order valence-corrected chi connectivity index (χ2v) is 12.3. The molecule has 3 aromatic heterocycles. The summed E-state index contributed by atoms with van der Waals surface area (Å²) in [6.07, 6.45) is 1.90. The zero-order valence-electron chi connectivity index (χ0n) is 20.1. The van der Waals surface area contributed by atoms with E-state index in [2.05, 4.69) is 20.3 Å². The van der Waals surface area contributed by atoms with Gasteiger partial charge in [0.25, 0.3) is 0 Å². The summed E-state index contributed by atoms with van der Waals surface area (Å²) in [5, 5.41) is 12.8. The number of nitrogens with one attached hydrogen (secondary N) is 1. The molecule has 0 bridgehead atoms. The molecule has 0 fully saturated rings. The van der Waals surface area contributed by atoms with Crippen molar-refractivity contribution in [1.82, 2.24) is 15.0 Å². The Morgan fingerprint density at radius 2 is 1.89 bits per heavy atom. The van der Waals surface area contributed by atoms with Crippen molar-refractivity contribution in [3.8, 4) is 17.3 Å². The topological polar surface area (TPSA) is 91.6 Å². The fraction of sp³-hybridized carbons (Fsp3) is 0.231. The zero-order chi connectivity index (χ0) is 26.2. The van der Waals surface area contributed by atoms with Crippen LogP contribution in [0.5, 0.6) is 0 Å². The van der Waals surface area contributed by atoms with E-state index in [4.69, 9.17) is 11.6 Å². The molecule has 0 aliphatic carbocycles. The molecular formula is C26H23ClF2N5OP. The second-order valence-electron chi connectivity index (χ2n) is 8.78. The van der Waals surface area contributed by atoms with Gasteiger partial charge in [-0.1, -0.05) is 18.5 Å². The highest BCUT2D eigenvalue weighted by molar-refractivity contribution is 7.69. The van der Waals surface area contributed by atoms with Gasteiger partial charge in [0.1, 0.15) is 24.2 Å². The minimum absolute atomic E-state index is 0.0269. The van der Waals surface area contributed by atoms with E-state index in [1.54, 1.807) is 32.4 Å². The number of hydrogen-bond acceptors (Lipinski definition) is 6. The third-order valence-electron chi connectivity index (χ3n) is 5.82. The first kappa shape index (κ1) is 25.7. The predicted molar refractivity (Wildman–Crippen MR) is 139 cm³/mol. The first-order chi connectivity index (χ1) is 17.0. The lowest BCUT2D eigenvalue weighted by Crippen LogP contribution is -2.14. The molecule has 0 aliphatic rings. The van der Waals surface area contributed by atoms with E-state index in [1.807, 2.05) is 13.0 Å². The Labute approximate surface area is 212 Å². The number of pyridine rings is 3. The van der Waals surface area contributed by atoms with Gasteiger partial charge >= 0.3 is 0 Å². The number of rotatable bonds is 6. The van der Waals surface area contributed by atoms with E-state index in [-0.39, 0.29) is 16.2 Å². The molecule has 0 saturated heterocycles. The van der Waals surface area contributed by atoms with Gasteiger partial charge in [0, 0.05) is 23.4 Å². The summed E-state index contributed by atoms with van der Waals surface area (Å²) in [6.45, 7) is 6.77. The molecule has 3 heterocycles. The summed E-state index contributed by atoms with van der Waals surface area (Å²) in [7, 11) is -2.57. The lowest BCUT2D eigenvalue weighted by molar-refractivity contribution is 0.587. The van der Waals surface area contributed by atoms with Crippen LogP contribution < -0.4 is 10.8 Å². The van der Waals surface area contributed by atoms with Crippen LogP contribution in [0.15, 0.2) is 42.6 Å². The number of hydrogen-bond donors (Lipinski definition) is 1. The van der Waals surface area contributed by atoms with Crippen molar-refractivity contribution in [2.75, 3.05) is 18.6 Å². The van der Waals surface area contributed by atoms with Crippen LogP contribution in [-0.2, 0) is 4.57 Å². The second kappa shape index (κ2) is 9.93. The third kappa shape index (κ3) is 4.95. The van der Waals surface area contributed by atoms with Crippen LogP contribution in [0.1, 0.15) is 36.2 Å². The van der Waals surface area contributed by atoms with Crippen LogP contribution in [0.4, 0.5) is 14.5 Å². The highest BCUT2D eigenvalue weighted by Crippen LogP contribution is 2.38. The normalized spacial score (nSPS) is 12.4. The van der Waals surface area contributed by atoms with Gasteiger partial charge in [-0.2, -0.15) is 5.26 Å². The van der Waals surface area contributed by atoms with Crippen LogP contribution in [0.2, 0.25) is 5.02 Å². The molecule has 1 N–H and O–H groups in total. The molecule has 6 nitrogen and oxygen atoms in total. The minimum Gasteiger partial charge on any atom is -0.375 e. The number of anilines is 1. The zero-order valence-corrected chi connectivity index (χ0v) is 21.8. The molecule has 4 aromatic rings. The van der Waals surface area contributed by atoms with Gasteiger partial charge < -0.3 is 9.88 Å². The van der Waals surface area contributed by atoms with Crippen LogP contribution in [-0.4, -0.2) is 28.3 Å². The molecule has 0 amide bonds. The molecule has 10 heteroatoms. The smallest absolute Gasteiger partial charge is 0.151 e. The minimum atomic E-state index is -2.57. The highest BCUT2D eigenvalue weighted by Gasteiger charge is 2.22. The van der Waals surface area contributed by atoms with E-state index in [9.17, 15) is 14.2 Å². The number of aryl methyl sites for hydroxylation is 1. The predicted octanol–water partition coefficient (Wildman–Crippen LogP) is 6.61. The summed E-state index contributed by atoms with van der Waals surface area (Å²) in [5.74, 6) is -1.07. The fourth-order valence-electron chi connectivity index (χ4n) is 3.90. The van der Waals surface area contributed by atoms with Gasteiger partial charge in [0.05, 0.1) is 45.0 Å². The number of benzene rings is 1. The van der Waals surface area contributed by atoms with E-state index in [0.717, 1.165) is 0 Å². The summed E-state index contributed by atoms with van der Waals surface area (Å²) >= 11 is 6.62. The quantitative estimate of drug-likeness (QED) is 0.285. The first-order valence-electron chi connectivity index (χ1n) is 11.2. The summed E-state index contributed by atoms with van der Waals surface area (Å²) in [4.78, 5) is 13.2. The number of fused-ring (bicyclic) bond motifs is 1. The number of halogens is 3. The van der Waals surface area contributed by atoms with Gasteiger partial charge in [0.15, 0.2) is 5.82 Å². The summed E-state index contributed by atoms with van der Waals surface area (Å²) in [5.41, 5.74) is 2.91. The molecule has 184 valence electrons. The van der Waals surface area contributed by atoms with Crippen molar-refractivity contribution in [2.24, 2.45) is 0 Å². The molecule has 0 saturated carbocycles. The van der Waals surface area contributed by atoms with Gasteiger partial charge in [-0.15, -0.1) is 0 Å². The van der Waals surface area contributed by atoms with Crippen LogP contribution in [0.25, 0.3) is 22.3 Å². The Hall–Kier alpha value is -3.40. The van der Waals surface area contributed by atoms with Gasteiger partial charge in [0.2, 0.25) is 0 Å². The molecule has 4 rings (SSSR count). The maximum atomic E-state index is 15.1. The van der Waals surface area contributed by atoms with Crippen LogP contribution in [0.3, 0.4) is 0 Å². The fourth-order valence-corrected chi connectivity index (χ4v) is 4.85. The van der Waals surface area contributed by atoms with Crippen molar-refractivity contribution in [2.45, 2.75) is 26.3 Å². The van der Waals surface area contributed by atoms with Crippen molar-refractivity contribution in [3.05, 3.63) is 76.1 Å². The van der Waals surface area contributed by atoms with E-state index >= 15 is 4.39 Å². The lowest BCUT2D eigenvalue weighted by atomic mass is 10.0. The Balaban J connectivity index is 1.86. The molecule has 1 aromatic carbocycles. The number of nitrogens with zero attached hydrogens (tertiary/aromatic N) is 4. The molecule has 0 aliphatic heterocycles. The average molecular weight is 526 g/mol. The Kier molecular flexibility index (Phi) is 7.08. The summed E-state index contributed by atoms with van der Waals surface area (Å²) < 4.78 is 42.1. The van der Waals surface area contributed by atoms with E-state index in [1.165, 1.54) is 30.5 Å². The Bertz CT molecular complexity index is 1560. The van der Waals surface area contributed by atoms with Crippen molar-refractivity contribution in [1.29, 1.82) is 5.26 Å². The highest BCUT2D eigenvalue weighted by atomic mass is 35.5. The SMILES string of the molecule is CCC(Nc1c(Cl)c(C)nc2cc(F)c(-c3ccc(P(C)(C)=O)nc3)nc12)c1cc(C#N)ccc1F. The number of nitriles is 1. The standard InChI is InChI=1S/C26H23ClF2N5OP/c1-5-20(17-10-15(12-30)6-8-18(17)28)33-26-23(27)14(2)32-21-11-19(29)24(34-25(21)26)16-7-9-22(31-13-16)36(3,4)35/h6-11,13,20H,5H2,1-4H3,(H,32,33).